The van der Waals surface area contributed by atoms with Crippen molar-refractivity contribution in [2.24, 2.45) is 11.4 Å². The Morgan fingerprint density at radius 1 is 1.33 bits per heavy atom. The van der Waals surface area contributed by atoms with Crippen LogP contribution in [0.25, 0.3) is 0 Å². The fourth-order valence-corrected chi connectivity index (χ4v) is 2.80. The van der Waals surface area contributed by atoms with Gasteiger partial charge in [0.2, 0.25) is 4.80 Å². The second-order valence-corrected chi connectivity index (χ2v) is 5.68. The Balaban J connectivity index is 2.16. The van der Waals surface area contributed by atoms with Gasteiger partial charge < -0.3 is 4.18 Å². The molecule has 0 fully saturated rings. The Labute approximate surface area is 112 Å². The van der Waals surface area contributed by atoms with Crippen LogP contribution in [-0.4, -0.2) is 14.0 Å². The molecule has 0 spiro atoms. The molecule has 0 radical (unpaired) electrons. The van der Waals surface area contributed by atoms with Crippen molar-refractivity contribution < 1.29 is 8.39 Å². The third kappa shape index (κ3) is 3.27. The Kier molecular flexibility index (Phi) is 3.93. The molecule has 18 heavy (non-hydrogen) atoms. The highest BCUT2D eigenvalue weighted by molar-refractivity contribution is 7.79. The molecule has 1 aromatic heterocycles. The van der Waals surface area contributed by atoms with Crippen LogP contribution in [0.3, 0.4) is 0 Å². The fraction of sp³-hybridized carbons (Fsp3) is 0.273. The van der Waals surface area contributed by atoms with Crippen molar-refractivity contribution in [2.75, 3.05) is 0 Å². The van der Waals surface area contributed by atoms with Crippen LogP contribution >= 0.6 is 11.3 Å². The topological polar surface area (TPSA) is 56.5 Å². The molecule has 1 atom stereocenters. The molecule has 0 saturated carbocycles. The van der Waals surface area contributed by atoms with Gasteiger partial charge in [0.1, 0.15) is 10.8 Å². The van der Waals surface area contributed by atoms with E-state index in [2.05, 4.69) is 9.50 Å². The van der Waals surface area contributed by atoms with Gasteiger partial charge in [0.05, 0.1) is 0 Å². The van der Waals surface area contributed by atoms with E-state index < -0.39 is 11.3 Å². The van der Waals surface area contributed by atoms with E-state index >= 15 is 0 Å². The average molecular weight is 283 g/mol. The second-order valence-electron chi connectivity index (χ2n) is 3.73. The molecule has 1 heterocycles. The fourth-order valence-electron chi connectivity index (χ4n) is 1.31. The van der Waals surface area contributed by atoms with Crippen LogP contribution in [0.4, 0.5) is 0 Å². The van der Waals surface area contributed by atoms with Gasteiger partial charge in [-0.2, -0.15) is 9.31 Å². The first-order chi connectivity index (χ1) is 8.54. The molecule has 96 valence electrons. The van der Waals surface area contributed by atoms with E-state index in [0.717, 1.165) is 10.6 Å². The largest absolute Gasteiger partial charge is 0.384 e. The van der Waals surface area contributed by atoms with Gasteiger partial charge in [-0.05, 0) is 26.0 Å². The molecule has 2 rings (SSSR count). The third-order valence-electron chi connectivity index (χ3n) is 2.15. The molecule has 1 aromatic carbocycles. The summed E-state index contributed by atoms with van der Waals surface area (Å²) in [5, 5.41) is 5.00. The number of benzene rings is 1. The zero-order valence-electron chi connectivity index (χ0n) is 10.3. The Morgan fingerprint density at radius 2 is 2.00 bits per heavy atom. The highest BCUT2D eigenvalue weighted by atomic mass is 32.2. The van der Waals surface area contributed by atoms with Gasteiger partial charge >= 0.3 is 11.3 Å². The summed E-state index contributed by atoms with van der Waals surface area (Å²) in [5.41, 5.74) is 1.12. The quantitative estimate of drug-likeness (QED) is 0.860. The molecule has 0 bridgehead atoms. The standard InChI is InChI=1S/C11H13N3O2S2/c1-8-4-6-10(7-5-8)16-18(15)13-11-14(3)12-9(2)17-11/h4-7H,1-3H3/b13-11-. The minimum Gasteiger partial charge on any atom is -0.384 e. The Morgan fingerprint density at radius 3 is 2.56 bits per heavy atom. The zero-order chi connectivity index (χ0) is 13.1. The summed E-state index contributed by atoms with van der Waals surface area (Å²) in [7, 11) is 1.76. The summed E-state index contributed by atoms with van der Waals surface area (Å²) in [6, 6.07) is 7.31. The van der Waals surface area contributed by atoms with Gasteiger partial charge in [0, 0.05) is 7.05 Å². The summed E-state index contributed by atoms with van der Waals surface area (Å²) in [6.45, 7) is 3.85. The van der Waals surface area contributed by atoms with Gasteiger partial charge in [-0.3, -0.25) is 0 Å². The Bertz CT molecular complexity index is 628. The lowest BCUT2D eigenvalue weighted by Gasteiger charge is -2.00. The number of nitrogens with zero attached hydrogens (tertiary/aromatic N) is 3. The highest BCUT2D eigenvalue weighted by Crippen LogP contribution is 2.12. The number of rotatable bonds is 3. The van der Waals surface area contributed by atoms with Crippen molar-refractivity contribution in [1.29, 1.82) is 0 Å². The summed E-state index contributed by atoms with van der Waals surface area (Å²) in [4.78, 5) is 0.568. The summed E-state index contributed by atoms with van der Waals surface area (Å²) < 4.78 is 22.5. The lowest BCUT2D eigenvalue weighted by molar-refractivity contribution is 0.561. The van der Waals surface area contributed by atoms with Crippen molar-refractivity contribution in [2.45, 2.75) is 13.8 Å². The second kappa shape index (κ2) is 5.45. The van der Waals surface area contributed by atoms with Gasteiger partial charge in [0.25, 0.3) is 0 Å². The first-order valence-electron chi connectivity index (χ1n) is 5.27. The summed E-state index contributed by atoms with van der Waals surface area (Å²) >= 11 is -0.383. The van der Waals surface area contributed by atoms with E-state index in [-0.39, 0.29) is 0 Å². The molecule has 7 heteroatoms. The average Bonchev–Trinajstić information content (AvgIpc) is 2.61. The molecule has 0 aliphatic carbocycles. The lowest BCUT2D eigenvalue weighted by Crippen LogP contribution is -2.14. The van der Waals surface area contributed by atoms with Crippen molar-refractivity contribution in [3.63, 3.8) is 0 Å². The molecule has 1 unspecified atom stereocenters. The number of hydrogen-bond acceptors (Lipinski definition) is 4. The molecule has 0 aliphatic heterocycles. The van der Waals surface area contributed by atoms with Crippen LogP contribution in [0.15, 0.2) is 28.7 Å². The smallest absolute Gasteiger partial charge is 0.341 e. The SMILES string of the molecule is Cc1ccc(OS(=O)/N=c2\sc(C)nn2C)cc1. The summed E-state index contributed by atoms with van der Waals surface area (Å²) in [5.74, 6) is 0.534. The van der Waals surface area contributed by atoms with E-state index in [1.165, 1.54) is 11.3 Å². The monoisotopic (exact) mass is 283 g/mol. The maximum atomic E-state index is 11.7. The molecular weight excluding hydrogens is 270 g/mol. The van der Waals surface area contributed by atoms with Crippen LogP contribution in [0, 0.1) is 13.8 Å². The molecule has 0 N–H and O–H groups in total. The van der Waals surface area contributed by atoms with E-state index in [9.17, 15) is 4.21 Å². The van der Waals surface area contributed by atoms with Gasteiger partial charge in [-0.25, -0.2) is 4.68 Å². The molecule has 5 nitrogen and oxygen atoms in total. The minimum absolute atomic E-state index is 0.534. The third-order valence-corrected chi connectivity index (χ3v) is 3.84. The van der Waals surface area contributed by atoms with E-state index in [4.69, 9.17) is 4.18 Å². The van der Waals surface area contributed by atoms with Gasteiger partial charge in [-0.15, -0.1) is 4.40 Å². The number of aryl methyl sites for hydroxylation is 3. The lowest BCUT2D eigenvalue weighted by atomic mass is 10.2. The molecule has 0 aliphatic rings. The van der Waals surface area contributed by atoms with E-state index in [1.807, 2.05) is 26.0 Å². The van der Waals surface area contributed by atoms with Crippen LogP contribution in [0.1, 0.15) is 10.6 Å². The minimum atomic E-state index is -1.75. The maximum absolute atomic E-state index is 11.7. The van der Waals surface area contributed by atoms with Gasteiger partial charge in [-0.1, -0.05) is 29.0 Å². The maximum Gasteiger partial charge on any atom is 0.341 e. The van der Waals surface area contributed by atoms with Crippen molar-refractivity contribution in [3.05, 3.63) is 39.6 Å². The first kappa shape index (κ1) is 13.0. The molecule has 2 aromatic rings. The van der Waals surface area contributed by atoms with Crippen molar-refractivity contribution in [1.82, 2.24) is 9.78 Å². The van der Waals surface area contributed by atoms with Crippen LogP contribution in [-0.2, 0) is 18.3 Å². The molecule has 0 saturated heterocycles. The zero-order valence-corrected chi connectivity index (χ0v) is 11.9. The highest BCUT2D eigenvalue weighted by Gasteiger charge is 2.03. The van der Waals surface area contributed by atoms with Gasteiger partial charge in [0.15, 0.2) is 0 Å². The van der Waals surface area contributed by atoms with Crippen molar-refractivity contribution in [3.8, 4) is 5.75 Å². The van der Waals surface area contributed by atoms with Crippen LogP contribution < -0.4 is 8.98 Å². The van der Waals surface area contributed by atoms with E-state index in [1.54, 1.807) is 23.9 Å². The predicted molar refractivity (Wildman–Crippen MR) is 71.3 cm³/mol. The molecular formula is C11H13N3O2S2. The predicted octanol–water partition coefficient (Wildman–Crippen LogP) is 1.66. The summed E-state index contributed by atoms with van der Waals surface area (Å²) in [6.07, 6.45) is 0. The van der Waals surface area contributed by atoms with E-state index in [0.29, 0.717) is 10.6 Å². The Hall–Kier alpha value is -1.47. The number of hydrogen-bond donors (Lipinski definition) is 0. The van der Waals surface area contributed by atoms with Crippen LogP contribution in [0.5, 0.6) is 5.75 Å². The number of aromatic nitrogens is 2. The first-order valence-corrected chi connectivity index (χ1v) is 7.12. The normalized spacial score (nSPS) is 13.6. The van der Waals surface area contributed by atoms with Crippen molar-refractivity contribution >= 4 is 22.6 Å². The van der Waals surface area contributed by atoms with Crippen LogP contribution in [0.2, 0.25) is 0 Å². The molecule has 0 amide bonds.